The summed E-state index contributed by atoms with van der Waals surface area (Å²) >= 11 is 0. The standard InChI is InChI=1S/C23H24N4O4/c1-31-17-10-8-16(9-11-17)25-23(30)20-7-4-13-26(20)22(29)12-14-27-19-6-3-2-5-18(19)21(28)15-24-27/h2-3,5-6,8-11,15,20H,4,7,12-14H2,1H3,(H,25,30). The van der Waals surface area contributed by atoms with Crippen molar-refractivity contribution in [1.29, 1.82) is 0 Å². The Bertz CT molecular complexity index is 1160. The molecule has 1 atom stereocenters. The highest BCUT2D eigenvalue weighted by molar-refractivity contribution is 5.97. The Balaban J connectivity index is 1.41. The number of hydrogen-bond acceptors (Lipinski definition) is 5. The van der Waals surface area contributed by atoms with Crippen LogP contribution in [0.15, 0.2) is 59.5 Å². The largest absolute Gasteiger partial charge is 0.497 e. The fourth-order valence-electron chi connectivity index (χ4n) is 3.92. The summed E-state index contributed by atoms with van der Waals surface area (Å²) in [5, 5.41) is 7.63. The third-order valence-electron chi connectivity index (χ3n) is 5.53. The molecule has 2 aromatic carbocycles. The molecule has 0 saturated carbocycles. The van der Waals surface area contributed by atoms with Gasteiger partial charge in [-0.15, -0.1) is 0 Å². The second kappa shape index (κ2) is 8.99. The number of likely N-dealkylation sites (tertiary alicyclic amines) is 1. The van der Waals surface area contributed by atoms with Crippen LogP contribution in [0, 0.1) is 0 Å². The van der Waals surface area contributed by atoms with E-state index < -0.39 is 6.04 Å². The predicted molar refractivity (Wildman–Crippen MR) is 117 cm³/mol. The van der Waals surface area contributed by atoms with E-state index in [0.717, 1.165) is 6.42 Å². The number of ether oxygens (including phenoxy) is 1. The number of aromatic nitrogens is 2. The van der Waals surface area contributed by atoms with Gasteiger partial charge in [0.2, 0.25) is 17.2 Å². The summed E-state index contributed by atoms with van der Waals surface area (Å²) in [6.07, 6.45) is 2.89. The minimum absolute atomic E-state index is 0.100. The highest BCUT2D eigenvalue weighted by Gasteiger charge is 2.33. The van der Waals surface area contributed by atoms with Crippen LogP contribution >= 0.6 is 0 Å². The van der Waals surface area contributed by atoms with E-state index in [2.05, 4.69) is 10.4 Å². The molecule has 2 amide bonds. The van der Waals surface area contributed by atoms with Crippen LogP contribution in [0.4, 0.5) is 5.69 Å². The number of hydrogen-bond donors (Lipinski definition) is 1. The normalized spacial score (nSPS) is 15.8. The minimum atomic E-state index is -0.492. The minimum Gasteiger partial charge on any atom is -0.497 e. The van der Waals surface area contributed by atoms with Gasteiger partial charge in [0.1, 0.15) is 11.8 Å². The second-order valence-corrected chi connectivity index (χ2v) is 7.46. The van der Waals surface area contributed by atoms with Crippen LogP contribution < -0.4 is 15.5 Å². The number of anilines is 1. The molecule has 2 heterocycles. The summed E-state index contributed by atoms with van der Waals surface area (Å²) in [5.74, 6) is 0.416. The number of para-hydroxylation sites is 1. The molecule has 31 heavy (non-hydrogen) atoms. The lowest BCUT2D eigenvalue weighted by Crippen LogP contribution is -2.43. The topological polar surface area (TPSA) is 93.5 Å². The molecule has 1 fully saturated rings. The second-order valence-electron chi connectivity index (χ2n) is 7.46. The summed E-state index contributed by atoms with van der Waals surface area (Å²) < 4.78 is 6.79. The molecule has 4 rings (SSSR count). The van der Waals surface area contributed by atoms with Crippen LogP contribution in [0.2, 0.25) is 0 Å². The molecule has 1 aliphatic rings. The lowest BCUT2D eigenvalue weighted by molar-refractivity contribution is -0.136. The first-order chi connectivity index (χ1) is 15.1. The van der Waals surface area contributed by atoms with E-state index >= 15 is 0 Å². The van der Waals surface area contributed by atoms with E-state index in [1.165, 1.54) is 6.20 Å². The van der Waals surface area contributed by atoms with Gasteiger partial charge in [-0.05, 0) is 49.2 Å². The van der Waals surface area contributed by atoms with E-state index in [1.807, 2.05) is 12.1 Å². The molecular formula is C23H24N4O4. The summed E-state index contributed by atoms with van der Waals surface area (Å²) in [7, 11) is 1.58. The van der Waals surface area contributed by atoms with E-state index in [1.54, 1.807) is 53.1 Å². The molecule has 8 nitrogen and oxygen atoms in total. The lowest BCUT2D eigenvalue weighted by atomic mass is 10.2. The first kappa shape index (κ1) is 20.6. The van der Waals surface area contributed by atoms with Gasteiger partial charge in [-0.2, -0.15) is 5.10 Å². The summed E-state index contributed by atoms with van der Waals surface area (Å²) in [6.45, 7) is 0.890. The Morgan fingerprint density at radius 2 is 1.94 bits per heavy atom. The molecule has 1 N–H and O–H groups in total. The van der Waals surface area contributed by atoms with E-state index in [0.29, 0.717) is 41.9 Å². The van der Waals surface area contributed by atoms with Crippen LogP contribution in [0.25, 0.3) is 10.9 Å². The van der Waals surface area contributed by atoms with Gasteiger partial charge in [-0.3, -0.25) is 19.1 Å². The average Bonchev–Trinajstić information content (AvgIpc) is 3.29. The maximum atomic E-state index is 12.9. The van der Waals surface area contributed by atoms with Crippen molar-refractivity contribution in [2.24, 2.45) is 0 Å². The van der Waals surface area contributed by atoms with Crippen molar-refractivity contribution in [1.82, 2.24) is 14.7 Å². The van der Waals surface area contributed by atoms with Gasteiger partial charge in [0, 0.05) is 24.0 Å². The number of nitrogens with one attached hydrogen (secondary N) is 1. The zero-order valence-electron chi connectivity index (χ0n) is 17.3. The number of aryl methyl sites for hydroxylation is 1. The average molecular weight is 420 g/mol. The smallest absolute Gasteiger partial charge is 0.247 e. The maximum Gasteiger partial charge on any atom is 0.247 e. The zero-order valence-corrected chi connectivity index (χ0v) is 17.3. The maximum absolute atomic E-state index is 12.9. The lowest BCUT2D eigenvalue weighted by Gasteiger charge is -2.24. The van der Waals surface area contributed by atoms with Crippen molar-refractivity contribution in [3.05, 3.63) is 65.0 Å². The number of nitrogens with zero attached hydrogens (tertiary/aromatic N) is 3. The Morgan fingerprint density at radius 3 is 2.71 bits per heavy atom. The van der Waals surface area contributed by atoms with Gasteiger partial charge in [0.15, 0.2) is 0 Å². The molecule has 1 unspecified atom stereocenters. The molecule has 0 aliphatic carbocycles. The molecule has 0 radical (unpaired) electrons. The molecule has 0 spiro atoms. The number of benzene rings is 2. The monoisotopic (exact) mass is 420 g/mol. The molecule has 3 aromatic rings. The highest BCUT2D eigenvalue weighted by Crippen LogP contribution is 2.22. The molecule has 8 heteroatoms. The fraction of sp³-hybridized carbons (Fsp3) is 0.304. The van der Waals surface area contributed by atoms with Gasteiger partial charge in [0.25, 0.3) is 0 Å². The molecule has 0 bridgehead atoms. The van der Waals surface area contributed by atoms with E-state index in [9.17, 15) is 14.4 Å². The summed E-state index contributed by atoms with van der Waals surface area (Å²) in [6, 6.07) is 13.8. The van der Waals surface area contributed by atoms with Crippen LogP contribution in [0.5, 0.6) is 5.75 Å². The molecule has 160 valence electrons. The van der Waals surface area contributed by atoms with Gasteiger partial charge < -0.3 is 15.0 Å². The third kappa shape index (κ3) is 4.42. The van der Waals surface area contributed by atoms with Crippen molar-refractivity contribution >= 4 is 28.4 Å². The van der Waals surface area contributed by atoms with Crippen molar-refractivity contribution < 1.29 is 14.3 Å². The number of methoxy groups -OCH3 is 1. The van der Waals surface area contributed by atoms with Crippen LogP contribution in [0.1, 0.15) is 19.3 Å². The van der Waals surface area contributed by atoms with Gasteiger partial charge in [-0.1, -0.05) is 12.1 Å². The quantitative estimate of drug-likeness (QED) is 0.661. The molecular weight excluding hydrogens is 396 g/mol. The van der Waals surface area contributed by atoms with Crippen LogP contribution in [0.3, 0.4) is 0 Å². The zero-order chi connectivity index (χ0) is 21.8. The highest BCUT2D eigenvalue weighted by atomic mass is 16.5. The summed E-state index contributed by atoms with van der Waals surface area (Å²) in [5.41, 5.74) is 1.21. The molecule has 1 aromatic heterocycles. The Morgan fingerprint density at radius 1 is 1.16 bits per heavy atom. The van der Waals surface area contributed by atoms with Gasteiger partial charge in [0.05, 0.1) is 25.4 Å². The van der Waals surface area contributed by atoms with Crippen LogP contribution in [-0.4, -0.2) is 46.2 Å². The number of carbonyl (C=O) groups excluding carboxylic acids is 2. The van der Waals surface area contributed by atoms with Crippen molar-refractivity contribution in [2.45, 2.75) is 31.8 Å². The number of amides is 2. The first-order valence-corrected chi connectivity index (χ1v) is 10.3. The number of rotatable bonds is 6. The van der Waals surface area contributed by atoms with Crippen molar-refractivity contribution in [3.63, 3.8) is 0 Å². The molecule has 1 aliphatic heterocycles. The molecule has 1 saturated heterocycles. The summed E-state index contributed by atoms with van der Waals surface area (Å²) in [4.78, 5) is 39.3. The third-order valence-corrected chi connectivity index (χ3v) is 5.53. The Labute approximate surface area is 179 Å². The SMILES string of the molecule is COc1ccc(NC(=O)C2CCCN2C(=O)CCn2ncc(=O)c3ccccc32)cc1. The first-order valence-electron chi connectivity index (χ1n) is 10.3. The van der Waals surface area contributed by atoms with Crippen LogP contribution in [-0.2, 0) is 16.1 Å². The fourth-order valence-corrected chi connectivity index (χ4v) is 3.92. The number of carbonyl (C=O) groups is 2. The number of fused-ring (bicyclic) bond motifs is 1. The Hall–Kier alpha value is -3.68. The van der Waals surface area contributed by atoms with Gasteiger partial charge >= 0.3 is 0 Å². The Kier molecular flexibility index (Phi) is 5.97. The van der Waals surface area contributed by atoms with Crippen molar-refractivity contribution in [2.75, 3.05) is 19.0 Å². The van der Waals surface area contributed by atoms with Gasteiger partial charge in [-0.25, -0.2) is 0 Å². The van der Waals surface area contributed by atoms with E-state index in [4.69, 9.17) is 4.74 Å². The van der Waals surface area contributed by atoms with Crippen molar-refractivity contribution in [3.8, 4) is 5.75 Å². The van der Waals surface area contributed by atoms with E-state index in [-0.39, 0.29) is 23.7 Å². The predicted octanol–water partition coefficient (Wildman–Crippen LogP) is 2.42.